The second-order valence-corrected chi connectivity index (χ2v) is 6.93. The van der Waals surface area contributed by atoms with Gasteiger partial charge in [0.05, 0.1) is 10.6 Å². The van der Waals surface area contributed by atoms with E-state index in [0.717, 1.165) is 16.3 Å². The Morgan fingerprint density at radius 2 is 2.23 bits per heavy atom. The molecule has 6 nitrogen and oxygen atoms in total. The van der Waals surface area contributed by atoms with Crippen molar-refractivity contribution < 1.29 is 4.52 Å². The highest BCUT2D eigenvalue weighted by molar-refractivity contribution is 7.98. The van der Waals surface area contributed by atoms with Gasteiger partial charge in [0.1, 0.15) is 0 Å². The first-order valence-electron chi connectivity index (χ1n) is 6.33. The smallest absolute Gasteiger partial charge is 0.237 e. The minimum Gasteiger partial charge on any atom is -0.338 e. The van der Waals surface area contributed by atoms with Gasteiger partial charge in [0, 0.05) is 10.9 Å². The fraction of sp³-hybridized carbons (Fsp3) is 0.0769. The SMILES string of the molecule is c1csc(-c2nc(SCc3nc(-c4ccsc4)no3)n[nH]2)c1. The van der Waals surface area contributed by atoms with Crippen molar-refractivity contribution in [3.63, 3.8) is 0 Å². The van der Waals surface area contributed by atoms with Crippen molar-refractivity contribution in [2.45, 2.75) is 10.9 Å². The van der Waals surface area contributed by atoms with E-state index < -0.39 is 0 Å². The summed E-state index contributed by atoms with van der Waals surface area (Å²) in [6, 6.07) is 5.96. The van der Waals surface area contributed by atoms with Crippen molar-refractivity contribution >= 4 is 34.4 Å². The van der Waals surface area contributed by atoms with Crippen LogP contribution in [0.4, 0.5) is 0 Å². The fourth-order valence-electron chi connectivity index (χ4n) is 1.78. The molecule has 0 aliphatic carbocycles. The van der Waals surface area contributed by atoms with E-state index in [9.17, 15) is 0 Å². The van der Waals surface area contributed by atoms with Crippen LogP contribution in [0.1, 0.15) is 5.89 Å². The summed E-state index contributed by atoms with van der Waals surface area (Å²) in [6.45, 7) is 0. The monoisotopic (exact) mass is 347 g/mol. The number of hydrogen-bond donors (Lipinski definition) is 1. The third-order valence-corrected chi connectivity index (χ3v) is 5.18. The Kier molecular flexibility index (Phi) is 3.75. The molecular formula is C13H9N5OS3. The van der Waals surface area contributed by atoms with Crippen LogP contribution < -0.4 is 0 Å². The number of aromatic amines is 1. The topological polar surface area (TPSA) is 80.5 Å². The molecule has 0 radical (unpaired) electrons. The lowest BCUT2D eigenvalue weighted by Gasteiger charge is -1.89. The van der Waals surface area contributed by atoms with Gasteiger partial charge < -0.3 is 4.52 Å². The summed E-state index contributed by atoms with van der Waals surface area (Å²) >= 11 is 4.69. The van der Waals surface area contributed by atoms with E-state index in [1.54, 1.807) is 22.7 Å². The van der Waals surface area contributed by atoms with Gasteiger partial charge in [0.2, 0.25) is 16.9 Å². The van der Waals surface area contributed by atoms with Crippen LogP contribution in [-0.4, -0.2) is 25.3 Å². The Morgan fingerprint density at radius 3 is 3.05 bits per heavy atom. The molecule has 9 heteroatoms. The Labute approximate surface area is 137 Å². The van der Waals surface area contributed by atoms with E-state index in [1.807, 2.05) is 34.3 Å². The molecular weight excluding hydrogens is 338 g/mol. The van der Waals surface area contributed by atoms with Gasteiger partial charge in [0.25, 0.3) is 0 Å². The first-order valence-corrected chi connectivity index (χ1v) is 9.13. The number of rotatable bonds is 5. The van der Waals surface area contributed by atoms with Crippen molar-refractivity contribution in [2.75, 3.05) is 0 Å². The summed E-state index contributed by atoms with van der Waals surface area (Å²) in [5, 5.41) is 17.8. The summed E-state index contributed by atoms with van der Waals surface area (Å²) in [5.74, 6) is 2.50. The van der Waals surface area contributed by atoms with Gasteiger partial charge in [-0.25, -0.2) is 4.98 Å². The van der Waals surface area contributed by atoms with E-state index in [2.05, 4.69) is 25.3 Å². The molecule has 0 unspecified atom stereocenters. The van der Waals surface area contributed by atoms with Gasteiger partial charge >= 0.3 is 0 Å². The van der Waals surface area contributed by atoms with Crippen LogP contribution in [0.15, 0.2) is 44.0 Å². The molecule has 4 rings (SSSR count). The first-order chi connectivity index (χ1) is 10.9. The maximum atomic E-state index is 5.25. The van der Waals surface area contributed by atoms with Crippen molar-refractivity contribution in [3.05, 3.63) is 40.2 Å². The molecule has 0 bridgehead atoms. The Morgan fingerprint density at radius 1 is 1.23 bits per heavy atom. The molecule has 0 saturated carbocycles. The highest BCUT2D eigenvalue weighted by Crippen LogP contribution is 2.25. The van der Waals surface area contributed by atoms with Crippen LogP contribution in [0, 0.1) is 0 Å². The molecule has 0 fully saturated rings. The molecule has 0 aliphatic heterocycles. The molecule has 4 aromatic rings. The summed E-state index contributed by atoms with van der Waals surface area (Å²) in [5.41, 5.74) is 0.975. The second kappa shape index (κ2) is 6.03. The van der Waals surface area contributed by atoms with Crippen LogP contribution >= 0.6 is 34.4 Å². The molecule has 0 aliphatic rings. The molecule has 0 spiro atoms. The van der Waals surface area contributed by atoms with Crippen molar-refractivity contribution in [3.8, 4) is 22.1 Å². The molecule has 0 aromatic carbocycles. The number of hydrogen-bond acceptors (Lipinski definition) is 8. The zero-order chi connectivity index (χ0) is 14.8. The maximum Gasteiger partial charge on any atom is 0.237 e. The maximum absolute atomic E-state index is 5.25. The molecule has 0 atom stereocenters. The minimum atomic E-state index is 0.541. The average molecular weight is 347 g/mol. The van der Waals surface area contributed by atoms with Gasteiger partial charge in [-0.1, -0.05) is 23.0 Å². The first kappa shape index (κ1) is 13.7. The predicted molar refractivity (Wildman–Crippen MR) is 86.9 cm³/mol. The number of thioether (sulfide) groups is 1. The van der Waals surface area contributed by atoms with Crippen LogP contribution in [0.5, 0.6) is 0 Å². The van der Waals surface area contributed by atoms with Gasteiger partial charge in [-0.2, -0.15) is 16.3 Å². The third kappa shape index (κ3) is 2.82. The largest absolute Gasteiger partial charge is 0.338 e. The minimum absolute atomic E-state index is 0.541. The van der Waals surface area contributed by atoms with Crippen LogP contribution in [0.25, 0.3) is 22.1 Å². The van der Waals surface area contributed by atoms with Gasteiger partial charge in [-0.3, -0.25) is 5.10 Å². The van der Waals surface area contributed by atoms with Gasteiger partial charge in [-0.05, 0) is 22.9 Å². The summed E-state index contributed by atoms with van der Waals surface area (Å²) < 4.78 is 5.25. The summed E-state index contributed by atoms with van der Waals surface area (Å²) in [6.07, 6.45) is 0. The lowest BCUT2D eigenvalue weighted by molar-refractivity contribution is 0.391. The van der Waals surface area contributed by atoms with Crippen molar-refractivity contribution in [1.82, 2.24) is 25.3 Å². The molecule has 4 aromatic heterocycles. The molecule has 0 amide bonds. The Hall–Kier alpha value is -1.97. The van der Waals surface area contributed by atoms with E-state index >= 15 is 0 Å². The van der Waals surface area contributed by atoms with Gasteiger partial charge in [0.15, 0.2) is 5.82 Å². The lowest BCUT2D eigenvalue weighted by atomic mass is 10.3. The van der Waals surface area contributed by atoms with E-state index in [-0.39, 0.29) is 0 Å². The average Bonchev–Trinajstić information content (AvgIpc) is 3.33. The van der Waals surface area contributed by atoms with Crippen LogP contribution in [0.3, 0.4) is 0 Å². The zero-order valence-corrected chi connectivity index (χ0v) is 13.5. The third-order valence-electron chi connectivity index (χ3n) is 2.79. The highest BCUT2D eigenvalue weighted by atomic mass is 32.2. The molecule has 0 saturated heterocycles. The lowest BCUT2D eigenvalue weighted by Crippen LogP contribution is -1.82. The number of nitrogens with zero attached hydrogens (tertiary/aromatic N) is 4. The van der Waals surface area contributed by atoms with Crippen LogP contribution in [-0.2, 0) is 5.75 Å². The number of nitrogens with one attached hydrogen (secondary N) is 1. The van der Waals surface area contributed by atoms with E-state index in [4.69, 9.17) is 4.52 Å². The highest BCUT2D eigenvalue weighted by Gasteiger charge is 2.12. The quantitative estimate of drug-likeness (QED) is 0.551. The predicted octanol–water partition coefficient (Wildman–Crippen LogP) is 3.94. The number of aromatic nitrogens is 5. The Bertz CT molecular complexity index is 778. The van der Waals surface area contributed by atoms with E-state index in [0.29, 0.717) is 22.6 Å². The summed E-state index contributed by atoms with van der Waals surface area (Å²) in [4.78, 5) is 9.88. The van der Waals surface area contributed by atoms with Crippen LogP contribution in [0.2, 0.25) is 0 Å². The molecule has 22 heavy (non-hydrogen) atoms. The Balaban J connectivity index is 1.43. The normalized spacial score (nSPS) is 11.1. The molecule has 1 N–H and O–H groups in total. The van der Waals surface area contributed by atoms with Gasteiger partial charge in [-0.15, -0.1) is 16.4 Å². The second-order valence-electron chi connectivity index (χ2n) is 4.26. The fourth-order valence-corrected chi connectivity index (χ4v) is 3.72. The molecule has 110 valence electrons. The van der Waals surface area contributed by atoms with Crippen molar-refractivity contribution in [1.29, 1.82) is 0 Å². The van der Waals surface area contributed by atoms with E-state index in [1.165, 1.54) is 11.8 Å². The summed E-state index contributed by atoms with van der Waals surface area (Å²) in [7, 11) is 0. The van der Waals surface area contributed by atoms with Crippen molar-refractivity contribution in [2.24, 2.45) is 0 Å². The molecule has 4 heterocycles. The standard InChI is InChI=1S/C13H9N5OS3/c1-2-9(21-4-1)12-15-13(17-16-12)22-7-10-14-11(18-19-10)8-3-5-20-6-8/h1-6H,7H2,(H,15,16,17). The number of thiophene rings is 2. The number of H-pyrrole nitrogens is 1. The zero-order valence-electron chi connectivity index (χ0n) is 11.1.